The first-order chi connectivity index (χ1) is 25.6. The summed E-state index contributed by atoms with van der Waals surface area (Å²) in [5.41, 5.74) is 14.1. The van der Waals surface area contributed by atoms with Gasteiger partial charge in [0.25, 0.3) is 0 Å². The van der Waals surface area contributed by atoms with E-state index < -0.39 is 0 Å². The van der Waals surface area contributed by atoms with E-state index in [4.69, 9.17) is 0 Å². The van der Waals surface area contributed by atoms with Crippen LogP contribution in [-0.2, 0) is 0 Å². The summed E-state index contributed by atoms with van der Waals surface area (Å²) >= 11 is 0. The van der Waals surface area contributed by atoms with Gasteiger partial charge in [-0.25, -0.2) is 0 Å². The Hall–Kier alpha value is -6.64. The lowest BCUT2D eigenvalue weighted by Gasteiger charge is -2.38. The van der Waals surface area contributed by atoms with E-state index in [1.54, 1.807) is 0 Å². The molecular weight excluding hydrogens is 629 g/mol. The number of hydrogen-bond acceptors (Lipinski definition) is 2. The molecule has 250 valence electrons. The van der Waals surface area contributed by atoms with Crippen LogP contribution in [0.3, 0.4) is 0 Å². The van der Waals surface area contributed by atoms with E-state index in [9.17, 15) is 0 Å². The molecule has 0 atom stereocenters. The monoisotopic (exact) mass is 668 g/mol. The molecule has 0 spiro atoms. The van der Waals surface area contributed by atoms with Gasteiger partial charge in [-0.2, -0.15) is 0 Å². The van der Waals surface area contributed by atoms with Crippen molar-refractivity contribution in [3.05, 3.63) is 240 Å². The van der Waals surface area contributed by atoms with Crippen LogP contribution in [-0.4, -0.2) is 0 Å². The lowest BCUT2D eigenvalue weighted by molar-refractivity contribution is 1.15. The minimum atomic E-state index is 1.13. The minimum Gasteiger partial charge on any atom is -0.313 e. The molecule has 2 heteroatoms. The largest absolute Gasteiger partial charge is 0.313 e. The molecule has 0 saturated heterocycles. The lowest BCUT2D eigenvalue weighted by Crippen LogP contribution is -2.23. The zero-order valence-corrected chi connectivity index (χ0v) is 29.5. The molecule has 0 aliphatic carbocycles. The molecule has 7 aromatic carbocycles. The van der Waals surface area contributed by atoms with Crippen LogP contribution in [0.5, 0.6) is 0 Å². The predicted molar refractivity (Wildman–Crippen MR) is 222 cm³/mol. The maximum absolute atomic E-state index is 2.35. The van der Waals surface area contributed by atoms with Gasteiger partial charge in [0.2, 0.25) is 0 Å². The molecule has 0 radical (unpaired) electrons. The zero-order chi connectivity index (χ0) is 35.3. The van der Waals surface area contributed by atoms with Crippen molar-refractivity contribution in [3.8, 4) is 0 Å². The summed E-state index contributed by atoms with van der Waals surface area (Å²) < 4.78 is 0. The van der Waals surface area contributed by atoms with Gasteiger partial charge in [-0.15, -0.1) is 0 Å². The fraction of sp³-hybridized carbons (Fsp3) is 0.0400. The summed E-state index contributed by atoms with van der Waals surface area (Å²) in [6.07, 6.45) is 13.3. The summed E-state index contributed by atoms with van der Waals surface area (Å²) in [4.78, 5) is 4.71. The molecule has 0 saturated carbocycles. The molecule has 1 heterocycles. The Labute approximate surface area is 307 Å². The molecular formula is C50H40N2. The highest BCUT2D eigenvalue weighted by molar-refractivity contribution is 6.02. The Morgan fingerprint density at radius 2 is 0.654 bits per heavy atom. The van der Waals surface area contributed by atoms with E-state index >= 15 is 0 Å². The first-order valence-corrected chi connectivity index (χ1v) is 17.9. The molecule has 0 amide bonds. The molecule has 1 aliphatic heterocycles. The highest BCUT2D eigenvalue weighted by Gasteiger charge is 2.27. The van der Waals surface area contributed by atoms with Crippen LogP contribution >= 0.6 is 0 Å². The number of benzene rings is 7. The topological polar surface area (TPSA) is 6.48 Å². The summed E-state index contributed by atoms with van der Waals surface area (Å²) in [5.74, 6) is 0. The smallest absolute Gasteiger partial charge is 0.0703 e. The molecule has 2 nitrogen and oxygen atoms in total. The standard InChI is InChI=1S/C50H40N2/c1-37-33-47-48(34-38(37)2)52(32-18-30-46(41-23-11-5-12-24-41)42-25-13-6-14-26-42)50-36-44-28-16-15-27-43(44)35-49(50)51(47)31-17-29-45(39-19-7-3-8-20-39)40-21-9-4-10-22-40/h3-36H,1-2H3. The summed E-state index contributed by atoms with van der Waals surface area (Å²) in [6.45, 7) is 4.40. The minimum absolute atomic E-state index is 1.13. The fourth-order valence-corrected chi connectivity index (χ4v) is 6.99. The van der Waals surface area contributed by atoms with E-state index in [2.05, 4.69) is 230 Å². The van der Waals surface area contributed by atoms with Crippen molar-refractivity contribution in [2.24, 2.45) is 0 Å². The molecule has 7 aromatic rings. The first kappa shape index (κ1) is 32.6. The maximum atomic E-state index is 2.35. The normalized spacial score (nSPS) is 12.2. The Kier molecular flexibility index (Phi) is 9.19. The number of nitrogens with zero attached hydrogens (tertiary/aromatic N) is 2. The first-order valence-electron chi connectivity index (χ1n) is 17.9. The molecule has 0 fully saturated rings. The molecule has 0 N–H and O–H groups in total. The van der Waals surface area contributed by atoms with Crippen molar-refractivity contribution >= 4 is 44.7 Å². The number of hydrogen-bond donors (Lipinski definition) is 0. The number of aryl methyl sites for hydroxylation is 2. The van der Waals surface area contributed by atoms with Crippen molar-refractivity contribution in [2.75, 3.05) is 9.80 Å². The Morgan fingerprint density at radius 3 is 0.981 bits per heavy atom. The second-order valence-corrected chi connectivity index (χ2v) is 13.2. The van der Waals surface area contributed by atoms with E-state index in [1.807, 2.05) is 0 Å². The van der Waals surface area contributed by atoms with Gasteiger partial charge >= 0.3 is 0 Å². The third-order valence-electron chi connectivity index (χ3n) is 9.81. The van der Waals surface area contributed by atoms with Crippen molar-refractivity contribution in [3.63, 3.8) is 0 Å². The Bertz CT molecular complexity index is 2200. The van der Waals surface area contributed by atoms with Crippen LogP contribution in [0.25, 0.3) is 21.9 Å². The van der Waals surface area contributed by atoms with Crippen LogP contribution in [0.2, 0.25) is 0 Å². The van der Waals surface area contributed by atoms with Gasteiger partial charge in [0.15, 0.2) is 0 Å². The molecule has 1 aliphatic rings. The SMILES string of the molecule is Cc1cc2c(cc1C)N(C=CC=C(c1ccccc1)c1ccccc1)c1cc3ccccc3cc1N2C=CC=C(c1ccccc1)c1ccccc1. The molecule has 0 bridgehead atoms. The highest BCUT2D eigenvalue weighted by atomic mass is 15.3. The summed E-state index contributed by atoms with van der Waals surface area (Å²) in [5, 5.41) is 2.41. The van der Waals surface area contributed by atoms with Crippen LogP contribution in [0, 0.1) is 13.8 Å². The van der Waals surface area contributed by atoms with Crippen LogP contribution in [0.15, 0.2) is 207 Å². The number of anilines is 4. The average Bonchev–Trinajstić information content (AvgIpc) is 3.20. The van der Waals surface area contributed by atoms with Gasteiger partial charge in [0.1, 0.15) is 0 Å². The second kappa shape index (κ2) is 14.7. The number of allylic oxidation sites excluding steroid dienone is 4. The molecule has 0 unspecified atom stereocenters. The van der Waals surface area contributed by atoms with Gasteiger partial charge in [-0.1, -0.05) is 158 Å². The number of fused-ring (bicyclic) bond motifs is 3. The average molecular weight is 669 g/mol. The third kappa shape index (κ3) is 6.63. The fourth-order valence-electron chi connectivity index (χ4n) is 6.99. The van der Waals surface area contributed by atoms with Crippen molar-refractivity contribution < 1.29 is 0 Å². The van der Waals surface area contributed by atoms with Crippen molar-refractivity contribution in [1.29, 1.82) is 0 Å². The molecule has 8 rings (SSSR count). The van der Waals surface area contributed by atoms with E-state index in [0.717, 1.165) is 22.7 Å². The van der Waals surface area contributed by atoms with Crippen molar-refractivity contribution in [2.45, 2.75) is 13.8 Å². The van der Waals surface area contributed by atoms with Gasteiger partial charge in [0.05, 0.1) is 22.7 Å². The molecule has 52 heavy (non-hydrogen) atoms. The quantitative estimate of drug-likeness (QED) is 0.149. The Morgan fingerprint density at radius 1 is 0.365 bits per heavy atom. The maximum Gasteiger partial charge on any atom is 0.0703 e. The molecule has 0 aromatic heterocycles. The second-order valence-electron chi connectivity index (χ2n) is 13.2. The van der Waals surface area contributed by atoms with Crippen LogP contribution < -0.4 is 9.80 Å². The number of rotatable bonds is 8. The van der Waals surface area contributed by atoms with Crippen LogP contribution in [0.1, 0.15) is 33.4 Å². The van der Waals surface area contributed by atoms with Gasteiger partial charge in [-0.05, 0) is 106 Å². The van der Waals surface area contributed by atoms with E-state index in [0.29, 0.717) is 0 Å². The van der Waals surface area contributed by atoms with Gasteiger partial charge < -0.3 is 9.80 Å². The predicted octanol–water partition coefficient (Wildman–Crippen LogP) is 13.3. The third-order valence-corrected chi connectivity index (χ3v) is 9.81. The zero-order valence-electron chi connectivity index (χ0n) is 29.5. The van der Waals surface area contributed by atoms with Gasteiger partial charge in [-0.3, -0.25) is 0 Å². The van der Waals surface area contributed by atoms with Crippen LogP contribution in [0.4, 0.5) is 22.7 Å². The van der Waals surface area contributed by atoms with Gasteiger partial charge in [0, 0.05) is 12.4 Å². The lowest BCUT2D eigenvalue weighted by atomic mass is 9.97. The summed E-state index contributed by atoms with van der Waals surface area (Å²) in [7, 11) is 0. The van der Waals surface area contributed by atoms with Crippen molar-refractivity contribution in [1.82, 2.24) is 0 Å². The van der Waals surface area contributed by atoms with E-state index in [-0.39, 0.29) is 0 Å². The highest BCUT2D eigenvalue weighted by Crippen LogP contribution is 2.50. The van der Waals surface area contributed by atoms with E-state index in [1.165, 1.54) is 55.3 Å². The Balaban J connectivity index is 1.27. The summed E-state index contributed by atoms with van der Waals surface area (Å²) in [6, 6.07) is 60.4.